The predicted molar refractivity (Wildman–Crippen MR) is 75.7 cm³/mol. The standard InChI is InChI=1S/C16H18FNO/c17-14-9-10-15(18)16(12-14)19-11-5-4-8-13-6-2-1-3-7-13/h1-3,6-7,9-10,12H,4-5,8,11,18H2. The summed E-state index contributed by atoms with van der Waals surface area (Å²) < 4.78 is 18.5. The fourth-order valence-electron chi connectivity index (χ4n) is 1.89. The Bertz CT molecular complexity index is 513. The summed E-state index contributed by atoms with van der Waals surface area (Å²) in [5.74, 6) is 0.105. The zero-order valence-corrected chi connectivity index (χ0v) is 10.8. The molecule has 0 aliphatic rings. The number of rotatable bonds is 6. The normalized spacial score (nSPS) is 10.4. The van der Waals surface area contributed by atoms with Crippen molar-refractivity contribution in [2.75, 3.05) is 12.3 Å². The molecule has 2 aromatic carbocycles. The quantitative estimate of drug-likeness (QED) is 0.632. The van der Waals surface area contributed by atoms with Crippen molar-refractivity contribution < 1.29 is 9.13 Å². The van der Waals surface area contributed by atoms with Gasteiger partial charge in [-0.15, -0.1) is 0 Å². The van der Waals surface area contributed by atoms with E-state index in [0.29, 0.717) is 18.0 Å². The van der Waals surface area contributed by atoms with Crippen molar-refractivity contribution in [1.29, 1.82) is 0 Å². The Labute approximate surface area is 113 Å². The second-order valence-corrected chi connectivity index (χ2v) is 4.47. The van der Waals surface area contributed by atoms with E-state index in [1.165, 1.54) is 23.8 Å². The second kappa shape index (κ2) is 6.78. The molecule has 100 valence electrons. The maximum Gasteiger partial charge on any atom is 0.145 e. The largest absolute Gasteiger partial charge is 0.491 e. The first-order chi connectivity index (χ1) is 9.25. The van der Waals surface area contributed by atoms with Gasteiger partial charge in [-0.05, 0) is 37.0 Å². The van der Waals surface area contributed by atoms with Crippen molar-refractivity contribution in [3.8, 4) is 5.75 Å². The van der Waals surface area contributed by atoms with Crippen LogP contribution in [0.3, 0.4) is 0 Å². The van der Waals surface area contributed by atoms with Gasteiger partial charge in [0.2, 0.25) is 0 Å². The van der Waals surface area contributed by atoms with E-state index in [0.717, 1.165) is 19.3 Å². The molecule has 0 spiro atoms. The van der Waals surface area contributed by atoms with Crippen LogP contribution in [0.1, 0.15) is 18.4 Å². The number of benzene rings is 2. The molecule has 0 aliphatic carbocycles. The van der Waals surface area contributed by atoms with Gasteiger partial charge < -0.3 is 10.5 Å². The number of halogens is 1. The predicted octanol–water partition coefficient (Wildman–Crippen LogP) is 3.81. The Morgan fingerprint density at radius 3 is 2.58 bits per heavy atom. The first kappa shape index (κ1) is 13.4. The van der Waals surface area contributed by atoms with Crippen molar-refractivity contribution in [2.45, 2.75) is 19.3 Å². The van der Waals surface area contributed by atoms with Crippen LogP contribution in [0.15, 0.2) is 48.5 Å². The van der Waals surface area contributed by atoms with E-state index in [1.807, 2.05) is 18.2 Å². The number of nitrogens with two attached hydrogens (primary N) is 1. The topological polar surface area (TPSA) is 35.2 Å². The summed E-state index contributed by atoms with van der Waals surface area (Å²) in [5, 5.41) is 0. The molecule has 2 N–H and O–H groups in total. The van der Waals surface area contributed by atoms with Gasteiger partial charge in [0.1, 0.15) is 11.6 Å². The molecule has 0 heterocycles. The maximum atomic E-state index is 13.0. The number of hydrogen-bond donors (Lipinski definition) is 1. The summed E-state index contributed by atoms with van der Waals surface area (Å²) in [6.45, 7) is 0.556. The van der Waals surface area contributed by atoms with Crippen LogP contribution in [0.4, 0.5) is 10.1 Å². The zero-order valence-electron chi connectivity index (χ0n) is 10.8. The van der Waals surface area contributed by atoms with Crippen LogP contribution in [0.5, 0.6) is 5.75 Å². The SMILES string of the molecule is Nc1ccc(F)cc1OCCCCc1ccccc1. The lowest BCUT2D eigenvalue weighted by atomic mass is 10.1. The summed E-state index contributed by atoms with van der Waals surface area (Å²) in [7, 11) is 0. The number of anilines is 1. The Balaban J connectivity index is 1.71. The Hall–Kier alpha value is -2.03. The minimum absolute atomic E-state index is 0.325. The van der Waals surface area contributed by atoms with Gasteiger partial charge in [-0.25, -0.2) is 4.39 Å². The Morgan fingerprint density at radius 1 is 1.00 bits per heavy atom. The van der Waals surface area contributed by atoms with Crippen molar-refractivity contribution in [3.63, 3.8) is 0 Å². The third kappa shape index (κ3) is 4.28. The van der Waals surface area contributed by atoms with E-state index in [1.54, 1.807) is 0 Å². The molecule has 0 atom stereocenters. The van der Waals surface area contributed by atoms with E-state index < -0.39 is 0 Å². The zero-order chi connectivity index (χ0) is 13.5. The molecule has 0 bridgehead atoms. The Kier molecular flexibility index (Phi) is 4.78. The van der Waals surface area contributed by atoms with Gasteiger partial charge in [-0.2, -0.15) is 0 Å². The fourth-order valence-corrected chi connectivity index (χ4v) is 1.89. The average molecular weight is 259 g/mol. The van der Waals surface area contributed by atoms with E-state index in [4.69, 9.17) is 10.5 Å². The molecule has 3 heteroatoms. The smallest absolute Gasteiger partial charge is 0.145 e. The minimum Gasteiger partial charge on any atom is -0.491 e. The molecule has 0 saturated carbocycles. The number of aryl methyl sites for hydroxylation is 1. The van der Waals surface area contributed by atoms with Gasteiger partial charge >= 0.3 is 0 Å². The van der Waals surface area contributed by atoms with Gasteiger partial charge in [0, 0.05) is 6.07 Å². The van der Waals surface area contributed by atoms with Crippen molar-refractivity contribution in [2.24, 2.45) is 0 Å². The van der Waals surface area contributed by atoms with Gasteiger partial charge in [-0.3, -0.25) is 0 Å². The summed E-state index contributed by atoms with van der Waals surface area (Å²) >= 11 is 0. The van der Waals surface area contributed by atoms with Gasteiger partial charge in [-0.1, -0.05) is 30.3 Å². The molecule has 2 aromatic rings. The third-order valence-corrected chi connectivity index (χ3v) is 2.94. The average Bonchev–Trinajstić information content (AvgIpc) is 2.43. The van der Waals surface area contributed by atoms with Crippen LogP contribution < -0.4 is 10.5 Å². The molecule has 0 unspecified atom stereocenters. The summed E-state index contributed by atoms with van der Waals surface area (Å²) in [6, 6.07) is 14.5. The van der Waals surface area contributed by atoms with Crippen LogP contribution in [0.25, 0.3) is 0 Å². The Morgan fingerprint density at radius 2 is 1.79 bits per heavy atom. The lowest BCUT2D eigenvalue weighted by Gasteiger charge is -2.08. The second-order valence-electron chi connectivity index (χ2n) is 4.47. The highest BCUT2D eigenvalue weighted by molar-refractivity contribution is 5.52. The fraction of sp³-hybridized carbons (Fsp3) is 0.250. The van der Waals surface area contributed by atoms with Crippen LogP contribution in [-0.4, -0.2) is 6.61 Å². The third-order valence-electron chi connectivity index (χ3n) is 2.94. The van der Waals surface area contributed by atoms with Gasteiger partial charge in [0.25, 0.3) is 0 Å². The molecule has 0 saturated heterocycles. The molecule has 0 aromatic heterocycles. The molecular formula is C16H18FNO. The number of ether oxygens (including phenoxy) is 1. The molecule has 19 heavy (non-hydrogen) atoms. The van der Waals surface area contributed by atoms with Crippen LogP contribution in [0, 0.1) is 5.82 Å². The lowest BCUT2D eigenvalue weighted by molar-refractivity contribution is 0.307. The number of unbranched alkanes of at least 4 members (excludes halogenated alkanes) is 1. The highest BCUT2D eigenvalue weighted by Crippen LogP contribution is 2.22. The summed E-state index contributed by atoms with van der Waals surface area (Å²) in [4.78, 5) is 0. The molecule has 0 aliphatic heterocycles. The molecular weight excluding hydrogens is 241 g/mol. The lowest BCUT2D eigenvalue weighted by Crippen LogP contribution is -2.01. The highest BCUT2D eigenvalue weighted by Gasteiger charge is 2.02. The monoisotopic (exact) mass is 259 g/mol. The summed E-state index contributed by atoms with van der Waals surface area (Å²) in [5.41, 5.74) is 7.51. The summed E-state index contributed by atoms with van der Waals surface area (Å²) in [6.07, 6.45) is 2.99. The minimum atomic E-state index is -0.325. The molecule has 0 radical (unpaired) electrons. The van der Waals surface area contributed by atoms with Crippen molar-refractivity contribution >= 4 is 5.69 Å². The molecule has 0 fully saturated rings. The van der Waals surface area contributed by atoms with Crippen LogP contribution >= 0.6 is 0 Å². The van der Waals surface area contributed by atoms with Gasteiger partial charge in [0.05, 0.1) is 12.3 Å². The first-order valence-electron chi connectivity index (χ1n) is 6.47. The number of nitrogen functional groups attached to an aromatic ring is 1. The molecule has 2 nitrogen and oxygen atoms in total. The van der Waals surface area contributed by atoms with Crippen molar-refractivity contribution in [3.05, 3.63) is 59.9 Å². The van der Waals surface area contributed by atoms with E-state index in [-0.39, 0.29) is 5.82 Å². The van der Waals surface area contributed by atoms with E-state index >= 15 is 0 Å². The molecule has 2 rings (SSSR count). The van der Waals surface area contributed by atoms with E-state index in [9.17, 15) is 4.39 Å². The maximum absolute atomic E-state index is 13.0. The van der Waals surface area contributed by atoms with Gasteiger partial charge in [0.15, 0.2) is 0 Å². The highest BCUT2D eigenvalue weighted by atomic mass is 19.1. The molecule has 0 amide bonds. The number of hydrogen-bond acceptors (Lipinski definition) is 2. The first-order valence-corrected chi connectivity index (χ1v) is 6.47. The van der Waals surface area contributed by atoms with Crippen molar-refractivity contribution in [1.82, 2.24) is 0 Å². The van der Waals surface area contributed by atoms with Crippen LogP contribution in [0.2, 0.25) is 0 Å². The van der Waals surface area contributed by atoms with Crippen LogP contribution in [-0.2, 0) is 6.42 Å². The van der Waals surface area contributed by atoms with E-state index in [2.05, 4.69) is 12.1 Å².